The third-order valence-corrected chi connectivity index (χ3v) is 4.81. The van der Waals surface area contributed by atoms with Gasteiger partial charge < -0.3 is 25.8 Å². The highest BCUT2D eigenvalue weighted by molar-refractivity contribution is 5.82. The monoisotopic (exact) mass is 435 g/mol. The maximum absolute atomic E-state index is 12.7. The first kappa shape index (κ1) is 21.0. The number of nitrogens with zero attached hydrogens (tertiary/aromatic N) is 4. The average molecular weight is 435 g/mol. The average Bonchev–Trinajstić information content (AvgIpc) is 3.24. The van der Waals surface area contributed by atoms with Crippen LogP contribution in [-0.2, 0) is 10.9 Å². The lowest BCUT2D eigenvalue weighted by molar-refractivity contribution is -0.137. The van der Waals surface area contributed by atoms with Crippen molar-refractivity contribution < 1.29 is 33.2 Å². The molecule has 0 bridgehead atoms. The topological polar surface area (TPSA) is 140 Å². The van der Waals surface area contributed by atoms with Crippen LogP contribution in [0, 0.1) is 11.8 Å². The summed E-state index contributed by atoms with van der Waals surface area (Å²) in [5, 5.41) is 29.9. The number of aromatic nitrogens is 4. The molecule has 12 heteroatoms. The number of imidazole rings is 1. The summed E-state index contributed by atoms with van der Waals surface area (Å²) in [6, 6.07) is 4.23. The number of aliphatic hydroxyl groups excluding tert-OH is 3. The molecule has 1 saturated heterocycles. The summed E-state index contributed by atoms with van der Waals surface area (Å²) in [7, 11) is 0. The molecule has 4 rings (SSSR count). The molecule has 0 spiro atoms. The first-order chi connectivity index (χ1) is 14.7. The van der Waals surface area contributed by atoms with Crippen molar-refractivity contribution in [2.24, 2.45) is 0 Å². The van der Waals surface area contributed by atoms with E-state index < -0.39 is 42.9 Å². The summed E-state index contributed by atoms with van der Waals surface area (Å²) in [4.78, 5) is 12.2. The fourth-order valence-corrected chi connectivity index (χ4v) is 3.22. The smallest absolute Gasteiger partial charge is 0.394 e. The van der Waals surface area contributed by atoms with Gasteiger partial charge in [-0.15, -0.1) is 0 Å². The van der Waals surface area contributed by atoms with Crippen LogP contribution in [0.15, 0.2) is 30.6 Å². The van der Waals surface area contributed by atoms with Gasteiger partial charge >= 0.3 is 6.18 Å². The van der Waals surface area contributed by atoms with Gasteiger partial charge in [-0.25, -0.2) is 15.0 Å². The van der Waals surface area contributed by atoms with Gasteiger partial charge in [-0.1, -0.05) is 5.92 Å². The van der Waals surface area contributed by atoms with Crippen molar-refractivity contribution in [2.45, 2.75) is 30.7 Å². The maximum atomic E-state index is 12.7. The highest BCUT2D eigenvalue weighted by Crippen LogP contribution is 2.33. The summed E-state index contributed by atoms with van der Waals surface area (Å²) in [6.07, 6.45) is -8.34. The van der Waals surface area contributed by atoms with Crippen LogP contribution in [0.5, 0.6) is 0 Å². The van der Waals surface area contributed by atoms with Crippen molar-refractivity contribution in [1.29, 1.82) is 0 Å². The molecule has 0 unspecified atom stereocenters. The molecular weight excluding hydrogens is 419 g/mol. The number of hydrogen-bond donors (Lipinski definition) is 4. The second kappa shape index (κ2) is 7.78. The van der Waals surface area contributed by atoms with E-state index in [0.717, 1.165) is 12.1 Å². The molecule has 31 heavy (non-hydrogen) atoms. The lowest BCUT2D eigenvalue weighted by atomic mass is 10.1. The molecule has 1 fully saturated rings. The first-order valence-corrected chi connectivity index (χ1v) is 9.01. The van der Waals surface area contributed by atoms with E-state index in [9.17, 15) is 28.5 Å². The van der Waals surface area contributed by atoms with Gasteiger partial charge in [0.15, 0.2) is 29.0 Å². The Morgan fingerprint density at radius 3 is 2.42 bits per heavy atom. The minimum Gasteiger partial charge on any atom is -0.394 e. The van der Waals surface area contributed by atoms with Gasteiger partial charge in [0.05, 0.1) is 12.2 Å². The summed E-state index contributed by atoms with van der Waals surface area (Å²) >= 11 is 0. The third kappa shape index (κ3) is 3.79. The van der Waals surface area contributed by atoms with Crippen LogP contribution in [0.3, 0.4) is 0 Å². The van der Waals surface area contributed by atoms with Crippen LogP contribution < -0.4 is 5.73 Å². The Morgan fingerprint density at radius 1 is 1.10 bits per heavy atom. The van der Waals surface area contributed by atoms with Crippen molar-refractivity contribution in [3.05, 3.63) is 47.5 Å². The Labute approximate surface area is 172 Å². The minimum absolute atomic E-state index is 0.0249. The molecule has 1 aliphatic rings. The van der Waals surface area contributed by atoms with Gasteiger partial charge in [-0.3, -0.25) is 4.57 Å². The number of benzene rings is 1. The molecule has 1 aliphatic heterocycles. The standard InChI is InChI=1S/C19H16F3N5O4/c20-19(21,22)10-4-1-9(2-5-10)3-6-12-26-13-16(23)24-8-25-17(13)27(12)18-15(30)14(29)11(7-28)31-18/h1-2,4-5,8,11,14-15,18,28-30H,7H2,(H2,23,24,25)/t11-,14-,15-,18-/m1/s1. The van der Waals surface area contributed by atoms with Crippen molar-refractivity contribution in [2.75, 3.05) is 12.3 Å². The minimum atomic E-state index is -4.46. The Balaban J connectivity index is 1.78. The van der Waals surface area contributed by atoms with E-state index in [4.69, 9.17) is 10.5 Å². The van der Waals surface area contributed by atoms with Crippen LogP contribution in [0.1, 0.15) is 23.2 Å². The predicted octanol–water partition coefficient (Wildman–Crippen LogP) is 0.439. The molecule has 9 nitrogen and oxygen atoms in total. The van der Waals surface area contributed by atoms with Crippen molar-refractivity contribution in [3.63, 3.8) is 0 Å². The molecule has 0 aliphatic carbocycles. The SMILES string of the molecule is Nc1ncnc2c1nc(C#Cc1ccc(C(F)(F)F)cc1)n2[C@@H]1O[C@H](CO)[C@@H](O)[C@H]1O. The van der Waals surface area contributed by atoms with Crippen LogP contribution >= 0.6 is 0 Å². The largest absolute Gasteiger partial charge is 0.416 e. The summed E-state index contributed by atoms with van der Waals surface area (Å²) in [5.74, 6) is 5.47. The van der Waals surface area contributed by atoms with Gasteiger partial charge in [-0.2, -0.15) is 13.2 Å². The number of fused-ring (bicyclic) bond motifs is 1. The number of alkyl halides is 3. The highest BCUT2D eigenvalue weighted by Gasteiger charge is 2.44. The lowest BCUT2D eigenvalue weighted by Gasteiger charge is -2.17. The fourth-order valence-electron chi connectivity index (χ4n) is 3.22. The van der Waals surface area contributed by atoms with Crippen LogP contribution in [-0.4, -0.2) is 59.8 Å². The number of ether oxygens (including phenoxy) is 1. The Hall–Kier alpha value is -3.24. The quantitative estimate of drug-likeness (QED) is 0.425. The summed E-state index contributed by atoms with van der Waals surface area (Å²) in [5.41, 5.74) is 5.65. The summed E-state index contributed by atoms with van der Waals surface area (Å²) < 4.78 is 45.0. The van der Waals surface area contributed by atoms with E-state index in [-0.39, 0.29) is 28.4 Å². The van der Waals surface area contributed by atoms with Gasteiger partial charge in [-0.05, 0) is 30.2 Å². The third-order valence-electron chi connectivity index (χ3n) is 4.81. The molecule has 0 saturated carbocycles. The number of rotatable bonds is 2. The number of aliphatic hydroxyl groups is 3. The van der Waals surface area contributed by atoms with E-state index in [1.165, 1.54) is 23.0 Å². The van der Waals surface area contributed by atoms with E-state index in [1.54, 1.807) is 0 Å². The molecule has 3 aromatic rings. The first-order valence-electron chi connectivity index (χ1n) is 9.01. The van der Waals surface area contributed by atoms with Gasteiger partial charge in [0.25, 0.3) is 0 Å². The Bertz CT molecular complexity index is 1170. The molecule has 0 radical (unpaired) electrons. The second-order valence-corrected chi connectivity index (χ2v) is 6.79. The van der Waals surface area contributed by atoms with Crippen LogP contribution in [0.25, 0.3) is 11.2 Å². The zero-order valence-electron chi connectivity index (χ0n) is 15.7. The van der Waals surface area contributed by atoms with E-state index in [0.29, 0.717) is 0 Å². The number of anilines is 1. The van der Waals surface area contributed by atoms with E-state index in [2.05, 4.69) is 26.8 Å². The number of halogens is 3. The normalized spacial score (nSPS) is 23.7. The van der Waals surface area contributed by atoms with Gasteiger partial charge in [0.2, 0.25) is 0 Å². The molecule has 2 aromatic heterocycles. The van der Waals surface area contributed by atoms with Crippen molar-refractivity contribution in [3.8, 4) is 11.8 Å². The number of nitrogens with two attached hydrogens (primary N) is 1. The van der Waals surface area contributed by atoms with Crippen molar-refractivity contribution >= 4 is 17.0 Å². The molecule has 0 amide bonds. The van der Waals surface area contributed by atoms with Gasteiger partial charge in [0.1, 0.15) is 24.6 Å². The summed E-state index contributed by atoms with van der Waals surface area (Å²) in [6.45, 7) is -0.537. The van der Waals surface area contributed by atoms with Crippen LogP contribution in [0.2, 0.25) is 0 Å². The molecule has 4 atom stereocenters. The number of nitrogen functional groups attached to an aromatic ring is 1. The zero-order chi connectivity index (χ0) is 22.3. The molecule has 3 heterocycles. The Morgan fingerprint density at radius 2 is 1.81 bits per heavy atom. The molecule has 162 valence electrons. The highest BCUT2D eigenvalue weighted by atomic mass is 19.4. The number of hydrogen-bond acceptors (Lipinski definition) is 8. The zero-order valence-corrected chi connectivity index (χ0v) is 15.7. The van der Waals surface area contributed by atoms with E-state index >= 15 is 0 Å². The Kier molecular flexibility index (Phi) is 5.28. The predicted molar refractivity (Wildman–Crippen MR) is 100 cm³/mol. The van der Waals surface area contributed by atoms with Crippen molar-refractivity contribution in [1.82, 2.24) is 19.5 Å². The molecular formula is C19H16F3N5O4. The molecule has 5 N–H and O–H groups in total. The van der Waals surface area contributed by atoms with Crippen LogP contribution in [0.4, 0.5) is 19.0 Å². The fraction of sp³-hybridized carbons (Fsp3) is 0.316. The van der Waals surface area contributed by atoms with E-state index in [1.807, 2.05) is 0 Å². The van der Waals surface area contributed by atoms with Gasteiger partial charge in [0, 0.05) is 5.56 Å². The second-order valence-electron chi connectivity index (χ2n) is 6.79. The lowest BCUT2D eigenvalue weighted by Crippen LogP contribution is -2.33. The molecule has 1 aromatic carbocycles. The maximum Gasteiger partial charge on any atom is 0.416 e.